The van der Waals surface area contributed by atoms with Crippen LogP contribution in [0.25, 0.3) is 10.6 Å². The summed E-state index contributed by atoms with van der Waals surface area (Å²) in [6.07, 6.45) is 9.93. The second kappa shape index (κ2) is 8.09. The van der Waals surface area contributed by atoms with Gasteiger partial charge in [-0.2, -0.15) is 5.10 Å². The van der Waals surface area contributed by atoms with Crippen LogP contribution < -0.4 is 21.5 Å². The molecule has 1 saturated carbocycles. The van der Waals surface area contributed by atoms with Crippen molar-refractivity contribution < 1.29 is 4.79 Å². The van der Waals surface area contributed by atoms with Gasteiger partial charge >= 0.3 is 0 Å². The van der Waals surface area contributed by atoms with Gasteiger partial charge in [-0.1, -0.05) is 11.3 Å². The maximum Gasteiger partial charge on any atom is 0.258 e. The molecule has 10 nitrogen and oxygen atoms in total. The standard InChI is InChI=1S/C19H23N9OS/c1-28-10-13(8-22-28)17(29)23-15-5-12(6-20-9-15)18-26-27-19(30-18)24-14-2-3-16-11(4-14)7-21-25-16/h5-6,8-11,14,16,21,25H,2-4,7H2,1H3,(H,23,29)(H,24,27). The Bertz CT molecular complexity index is 1050. The van der Waals surface area contributed by atoms with E-state index in [1.54, 1.807) is 30.3 Å². The van der Waals surface area contributed by atoms with E-state index < -0.39 is 0 Å². The van der Waals surface area contributed by atoms with Crippen molar-refractivity contribution in [2.75, 3.05) is 17.2 Å². The molecule has 2 aliphatic rings. The van der Waals surface area contributed by atoms with Crippen LogP contribution in [0.2, 0.25) is 0 Å². The van der Waals surface area contributed by atoms with Crippen LogP contribution in [0.1, 0.15) is 29.6 Å². The Morgan fingerprint density at radius 1 is 1.27 bits per heavy atom. The van der Waals surface area contributed by atoms with Crippen LogP contribution in [0.3, 0.4) is 0 Å². The van der Waals surface area contributed by atoms with Crippen molar-refractivity contribution in [3.05, 3.63) is 36.4 Å². The zero-order chi connectivity index (χ0) is 20.5. The van der Waals surface area contributed by atoms with E-state index in [1.807, 2.05) is 6.07 Å². The van der Waals surface area contributed by atoms with Gasteiger partial charge in [0, 0.05) is 43.6 Å². The third kappa shape index (κ3) is 4.04. The molecule has 1 amide bonds. The smallest absolute Gasteiger partial charge is 0.258 e. The molecule has 4 heterocycles. The van der Waals surface area contributed by atoms with Crippen molar-refractivity contribution in [1.29, 1.82) is 0 Å². The fourth-order valence-corrected chi connectivity index (χ4v) is 4.87. The van der Waals surface area contributed by atoms with E-state index >= 15 is 0 Å². The van der Waals surface area contributed by atoms with Crippen molar-refractivity contribution in [3.8, 4) is 10.6 Å². The number of hydrogen-bond acceptors (Lipinski definition) is 9. The van der Waals surface area contributed by atoms with Crippen molar-refractivity contribution in [3.63, 3.8) is 0 Å². The molecule has 2 fully saturated rings. The molecular weight excluding hydrogens is 402 g/mol. The molecule has 3 atom stereocenters. The average Bonchev–Trinajstić information content (AvgIpc) is 3.49. The predicted octanol–water partition coefficient (Wildman–Crippen LogP) is 1.64. The van der Waals surface area contributed by atoms with Crippen LogP contribution in [-0.4, -0.2) is 49.5 Å². The largest absolute Gasteiger partial charge is 0.357 e. The summed E-state index contributed by atoms with van der Waals surface area (Å²) in [6.45, 7) is 1.02. The first-order chi connectivity index (χ1) is 14.6. The Kier molecular flexibility index (Phi) is 5.15. The van der Waals surface area contributed by atoms with E-state index in [4.69, 9.17) is 0 Å². The van der Waals surface area contributed by atoms with E-state index in [0.29, 0.717) is 29.3 Å². The first-order valence-electron chi connectivity index (χ1n) is 9.98. The fraction of sp³-hybridized carbons (Fsp3) is 0.421. The molecule has 11 heteroatoms. The van der Waals surface area contributed by atoms with Gasteiger partial charge in [0.1, 0.15) is 0 Å². The van der Waals surface area contributed by atoms with Crippen molar-refractivity contribution in [2.45, 2.75) is 31.3 Å². The fourth-order valence-electron chi connectivity index (χ4n) is 4.07. The minimum atomic E-state index is -0.229. The lowest BCUT2D eigenvalue weighted by atomic mass is 9.83. The minimum Gasteiger partial charge on any atom is -0.357 e. The van der Waals surface area contributed by atoms with Crippen LogP contribution in [0.5, 0.6) is 0 Å². The summed E-state index contributed by atoms with van der Waals surface area (Å²) in [6, 6.07) is 2.85. The molecule has 0 aromatic carbocycles. The first-order valence-corrected chi connectivity index (χ1v) is 10.8. The third-order valence-electron chi connectivity index (χ3n) is 5.60. The second-order valence-corrected chi connectivity index (χ2v) is 8.76. The highest BCUT2D eigenvalue weighted by Gasteiger charge is 2.34. The third-order valence-corrected chi connectivity index (χ3v) is 6.50. The summed E-state index contributed by atoms with van der Waals surface area (Å²) in [5.74, 6) is 0.432. The van der Waals surface area contributed by atoms with Crippen molar-refractivity contribution >= 4 is 28.1 Å². The molecule has 3 unspecified atom stereocenters. The predicted molar refractivity (Wildman–Crippen MR) is 114 cm³/mol. The highest BCUT2D eigenvalue weighted by Crippen LogP contribution is 2.32. The van der Waals surface area contributed by atoms with E-state index in [9.17, 15) is 4.79 Å². The lowest BCUT2D eigenvalue weighted by Gasteiger charge is -2.30. The number of nitrogens with zero attached hydrogens (tertiary/aromatic N) is 5. The maximum absolute atomic E-state index is 12.3. The molecule has 30 heavy (non-hydrogen) atoms. The number of aryl methyl sites for hydroxylation is 1. The number of nitrogens with one attached hydrogen (secondary N) is 4. The first kappa shape index (κ1) is 19.1. The molecule has 3 aromatic heterocycles. The summed E-state index contributed by atoms with van der Waals surface area (Å²) in [5.41, 5.74) is 8.53. The average molecular weight is 426 g/mol. The molecule has 0 spiro atoms. The molecular formula is C19H23N9OS. The molecule has 1 aliphatic heterocycles. The number of aromatic nitrogens is 5. The van der Waals surface area contributed by atoms with E-state index in [1.165, 1.54) is 17.5 Å². The zero-order valence-corrected chi connectivity index (χ0v) is 17.3. The molecule has 0 bridgehead atoms. The number of hydrogen-bond donors (Lipinski definition) is 4. The lowest BCUT2D eigenvalue weighted by molar-refractivity contribution is 0.102. The number of anilines is 2. The van der Waals surface area contributed by atoms with Gasteiger partial charge < -0.3 is 10.6 Å². The monoisotopic (exact) mass is 425 g/mol. The number of fused-ring (bicyclic) bond motifs is 1. The van der Waals surface area contributed by atoms with Crippen LogP contribution in [-0.2, 0) is 7.05 Å². The number of carbonyl (C=O) groups excluding carboxylic acids is 1. The van der Waals surface area contributed by atoms with E-state index in [0.717, 1.165) is 41.5 Å². The number of pyridine rings is 1. The SMILES string of the molecule is Cn1cc(C(=O)Nc2cncc(-c3nnc(NC4CCC5NNCC5C4)s3)c2)cn1. The van der Waals surface area contributed by atoms with Gasteiger partial charge in [-0.3, -0.25) is 25.3 Å². The maximum atomic E-state index is 12.3. The second-order valence-electron chi connectivity index (χ2n) is 7.78. The molecule has 156 valence electrons. The summed E-state index contributed by atoms with van der Waals surface area (Å²) >= 11 is 1.50. The van der Waals surface area contributed by atoms with Gasteiger partial charge in [0.05, 0.1) is 23.6 Å². The Morgan fingerprint density at radius 2 is 2.20 bits per heavy atom. The van der Waals surface area contributed by atoms with Crippen molar-refractivity contribution in [1.82, 2.24) is 35.8 Å². The van der Waals surface area contributed by atoms with Crippen LogP contribution in [0.15, 0.2) is 30.9 Å². The number of hydrazine groups is 1. The molecule has 3 aromatic rings. The van der Waals surface area contributed by atoms with Crippen LogP contribution >= 0.6 is 11.3 Å². The zero-order valence-electron chi connectivity index (χ0n) is 16.5. The Hall–Kier alpha value is -2.89. The Morgan fingerprint density at radius 3 is 3.07 bits per heavy atom. The van der Waals surface area contributed by atoms with Crippen LogP contribution in [0, 0.1) is 5.92 Å². The Balaban J connectivity index is 1.24. The summed E-state index contributed by atoms with van der Waals surface area (Å²) in [5, 5.41) is 20.6. The van der Waals surface area contributed by atoms with Crippen LogP contribution in [0.4, 0.5) is 10.8 Å². The summed E-state index contributed by atoms with van der Waals surface area (Å²) < 4.78 is 1.59. The molecule has 5 rings (SSSR count). The van der Waals surface area contributed by atoms with E-state index in [-0.39, 0.29) is 5.91 Å². The normalized spacial score (nSPS) is 23.2. The van der Waals surface area contributed by atoms with Gasteiger partial charge in [-0.05, 0) is 31.2 Å². The van der Waals surface area contributed by atoms with E-state index in [2.05, 4.69) is 41.8 Å². The topological polar surface area (TPSA) is 122 Å². The molecule has 4 N–H and O–H groups in total. The number of rotatable bonds is 5. The molecule has 1 aliphatic carbocycles. The Labute approximate surface area is 177 Å². The number of carbonyl (C=O) groups is 1. The van der Waals surface area contributed by atoms with Crippen molar-refractivity contribution in [2.24, 2.45) is 13.0 Å². The summed E-state index contributed by atoms with van der Waals surface area (Å²) in [7, 11) is 1.77. The van der Waals surface area contributed by atoms with Gasteiger partial charge in [-0.25, -0.2) is 0 Å². The van der Waals surface area contributed by atoms with Gasteiger partial charge in [0.25, 0.3) is 5.91 Å². The quantitative estimate of drug-likeness (QED) is 0.487. The van der Waals surface area contributed by atoms with Gasteiger partial charge in [-0.15, -0.1) is 10.2 Å². The lowest BCUT2D eigenvalue weighted by Crippen LogP contribution is -2.39. The highest BCUT2D eigenvalue weighted by molar-refractivity contribution is 7.18. The number of amides is 1. The van der Waals surface area contributed by atoms with Gasteiger partial charge in [0.2, 0.25) is 5.13 Å². The highest BCUT2D eigenvalue weighted by atomic mass is 32.1. The minimum absolute atomic E-state index is 0.229. The van der Waals surface area contributed by atoms with Gasteiger partial charge in [0.15, 0.2) is 5.01 Å². The molecule has 1 saturated heterocycles. The molecule has 0 radical (unpaired) electrons. The summed E-state index contributed by atoms with van der Waals surface area (Å²) in [4.78, 5) is 16.6.